The van der Waals surface area contributed by atoms with E-state index >= 15 is 0 Å². The van der Waals surface area contributed by atoms with Crippen LogP contribution in [0, 0.1) is 11.3 Å². The minimum Gasteiger partial charge on any atom is -0.351 e. The van der Waals surface area contributed by atoms with Crippen LogP contribution in [0.2, 0.25) is 0 Å². The zero-order valence-electron chi connectivity index (χ0n) is 9.62. The van der Waals surface area contributed by atoms with Gasteiger partial charge >= 0.3 is 0 Å². The molecule has 0 aliphatic heterocycles. The number of rotatable bonds is 7. The number of nitrogens with zero attached hydrogens (tertiary/aromatic N) is 1. The Kier molecular flexibility index (Phi) is 7.65. The highest BCUT2D eigenvalue weighted by molar-refractivity contribution is 5.81. The molecule has 0 spiro atoms. The van der Waals surface area contributed by atoms with Gasteiger partial charge in [0.15, 0.2) is 0 Å². The molecule has 4 heteroatoms. The van der Waals surface area contributed by atoms with E-state index in [1.165, 1.54) is 0 Å². The van der Waals surface area contributed by atoms with Crippen molar-refractivity contribution >= 4 is 5.91 Å². The van der Waals surface area contributed by atoms with E-state index in [-0.39, 0.29) is 11.9 Å². The average Bonchev–Trinajstić information content (AvgIpc) is 2.24. The summed E-state index contributed by atoms with van der Waals surface area (Å²) in [6, 6.07) is 1.56. The van der Waals surface area contributed by atoms with Crippen molar-refractivity contribution in [1.82, 2.24) is 5.32 Å². The summed E-state index contributed by atoms with van der Waals surface area (Å²) < 4.78 is 0. The van der Waals surface area contributed by atoms with Crippen LogP contribution in [0.15, 0.2) is 0 Å². The molecule has 3 N–H and O–H groups in total. The van der Waals surface area contributed by atoms with E-state index in [0.717, 1.165) is 19.3 Å². The summed E-state index contributed by atoms with van der Waals surface area (Å²) in [5.41, 5.74) is 5.71. The van der Waals surface area contributed by atoms with E-state index in [0.29, 0.717) is 12.8 Å². The first-order chi connectivity index (χ1) is 7.15. The Morgan fingerprint density at radius 3 is 2.67 bits per heavy atom. The van der Waals surface area contributed by atoms with Crippen LogP contribution < -0.4 is 11.1 Å². The second-order valence-electron chi connectivity index (χ2n) is 3.72. The number of hydrogen-bond donors (Lipinski definition) is 2. The first-order valence-electron chi connectivity index (χ1n) is 5.58. The van der Waals surface area contributed by atoms with Crippen LogP contribution in [0.5, 0.6) is 0 Å². The fourth-order valence-corrected chi connectivity index (χ4v) is 1.27. The molecule has 1 amide bonds. The van der Waals surface area contributed by atoms with Crippen molar-refractivity contribution in [3.63, 3.8) is 0 Å². The van der Waals surface area contributed by atoms with Crippen molar-refractivity contribution < 1.29 is 4.79 Å². The van der Waals surface area contributed by atoms with Gasteiger partial charge in [0.25, 0.3) is 0 Å². The number of nitriles is 1. The molecule has 0 aliphatic rings. The summed E-state index contributed by atoms with van der Waals surface area (Å²) in [7, 11) is 0. The number of nitrogens with one attached hydrogen (secondary N) is 1. The summed E-state index contributed by atoms with van der Waals surface area (Å²) in [5.74, 6) is -0.134. The molecule has 15 heavy (non-hydrogen) atoms. The van der Waals surface area contributed by atoms with Gasteiger partial charge in [-0.2, -0.15) is 5.26 Å². The van der Waals surface area contributed by atoms with Gasteiger partial charge in [0.1, 0.15) is 0 Å². The maximum atomic E-state index is 11.5. The quantitative estimate of drug-likeness (QED) is 0.666. The van der Waals surface area contributed by atoms with Crippen molar-refractivity contribution in [3.8, 4) is 6.07 Å². The van der Waals surface area contributed by atoms with E-state index in [4.69, 9.17) is 11.0 Å². The van der Waals surface area contributed by atoms with Crippen LogP contribution >= 0.6 is 0 Å². The summed E-state index contributed by atoms with van der Waals surface area (Å²) in [6.45, 7) is 4.01. The summed E-state index contributed by atoms with van der Waals surface area (Å²) in [4.78, 5) is 11.5. The molecule has 0 rings (SSSR count). The van der Waals surface area contributed by atoms with E-state index in [9.17, 15) is 4.79 Å². The lowest BCUT2D eigenvalue weighted by molar-refractivity contribution is -0.123. The maximum Gasteiger partial charge on any atom is 0.237 e. The molecule has 0 radical (unpaired) electrons. The molecule has 1 unspecified atom stereocenters. The molecule has 0 aromatic rings. The molecule has 0 bridgehead atoms. The van der Waals surface area contributed by atoms with Crippen LogP contribution in [0.1, 0.15) is 46.0 Å². The van der Waals surface area contributed by atoms with E-state index < -0.39 is 6.04 Å². The average molecular weight is 211 g/mol. The fraction of sp³-hybridized carbons (Fsp3) is 0.818. The zero-order valence-corrected chi connectivity index (χ0v) is 9.62. The van der Waals surface area contributed by atoms with Crippen molar-refractivity contribution in [2.24, 2.45) is 5.73 Å². The van der Waals surface area contributed by atoms with E-state index in [2.05, 4.69) is 18.3 Å². The SMILES string of the molecule is CCCC[C@H](N)C(=O)NC(CC)CC#N. The van der Waals surface area contributed by atoms with Crippen molar-refractivity contribution in [1.29, 1.82) is 5.26 Å². The third-order valence-electron chi connectivity index (χ3n) is 2.38. The van der Waals surface area contributed by atoms with Crippen molar-refractivity contribution in [2.45, 2.75) is 58.0 Å². The highest BCUT2D eigenvalue weighted by Gasteiger charge is 2.16. The molecule has 0 fully saturated rings. The molecule has 2 atom stereocenters. The van der Waals surface area contributed by atoms with Gasteiger partial charge in [-0.05, 0) is 12.8 Å². The second-order valence-corrected chi connectivity index (χ2v) is 3.72. The molecule has 4 nitrogen and oxygen atoms in total. The second kappa shape index (κ2) is 8.25. The van der Waals surface area contributed by atoms with Gasteiger partial charge in [-0.3, -0.25) is 4.79 Å². The summed E-state index contributed by atoms with van der Waals surface area (Å²) in [6.07, 6.45) is 3.83. The molecule has 0 heterocycles. The standard InChI is InChI=1S/C11H21N3O/c1-3-5-6-10(13)11(15)14-9(4-2)7-8-12/h9-10H,3-7,13H2,1-2H3,(H,14,15)/t9?,10-/m0/s1. The van der Waals surface area contributed by atoms with Gasteiger partial charge in [0.05, 0.1) is 18.5 Å². The number of carbonyl (C=O) groups excluding carboxylic acids is 1. The summed E-state index contributed by atoms with van der Waals surface area (Å²) in [5, 5.41) is 11.3. The Balaban J connectivity index is 3.93. The first kappa shape index (κ1) is 13.9. The van der Waals surface area contributed by atoms with Crippen molar-refractivity contribution in [3.05, 3.63) is 0 Å². The normalized spacial score (nSPS) is 14.0. The van der Waals surface area contributed by atoms with Crippen LogP contribution in [0.4, 0.5) is 0 Å². The molecule has 0 saturated heterocycles. The lowest BCUT2D eigenvalue weighted by Gasteiger charge is -2.17. The zero-order chi connectivity index (χ0) is 11.7. The van der Waals surface area contributed by atoms with Crippen LogP contribution in [0.3, 0.4) is 0 Å². The molecule has 0 aromatic carbocycles. The smallest absolute Gasteiger partial charge is 0.237 e. The Morgan fingerprint density at radius 2 is 2.20 bits per heavy atom. The highest BCUT2D eigenvalue weighted by atomic mass is 16.2. The minimum atomic E-state index is -0.433. The topological polar surface area (TPSA) is 78.9 Å². The highest BCUT2D eigenvalue weighted by Crippen LogP contribution is 2.01. The van der Waals surface area contributed by atoms with Gasteiger partial charge in [-0.15, -0.1) is 0 Å². The number of carbonyl (C=O) groups is 1. The van der Waals surface area contributed by atoms with Gasteiger partial charge in [0.2, 0.25) is 5.91 Å². The largest absolute Gasteiger partial charge is 0.351 e. The lowest BCUT2D eigenvalue weighted by Crippen LogP contribution is -2.45. The van der Waals surface area contributed by atoms with Crippen molar-refractivity contribution in [2.75, 3.05) is 0 Å². The Hall–Kier alpha value is -1.08. The van der Waals surface area contributed by atoms with E-state index in [1.54, 1.807) is 0 Å². The van der Waals surface area contributed by atoms with Crippen LogP contribution in [0.25, 0.3) is 0 Å². The monoisotopic (exact) mass is 211 g/mol. The predicted octanol–water partition coefficient (Wildman–Crippen LogP) is 1.31. The molecule has 0 aromatic heterocycles. The van der Waals surface area contributed by atoms with Gasteiger partial charge in [-0.1, -0.05) is 26.7 Å². The molecular weight excluding hydrogens is 190 g/mol. The summed E-state index contributed by atoms with van der Waals surface area (Å²) >= 11 is 0. The fourth-order valence-electron chi connectivity index (χ4n) is 1.27. The maximum absolute atomic E-state index is 11.5. The van der Waals surface area contributed by atoms with Gasteiger partial charge in [0, 0.05) is 6.04 Å². The predicted molar refractivity (Wildman–Crippen MR) is 60.0 cm³/mol. The molecule has 0 saturated carbocycles. The lowest BCUT2D eigenvalue weighted by atomic mass is 10.1. The Bertz CT molecular complexity index is 222. The van der Waals surface area contributed by atoms with Gasteiger partial charge < -0.3 is 11.1 Å². The third kappa shape index (κ3) is 6.08. The first-order valence-corrected chi connectivity index (χ1v) is 5.58. The minimum absolute atomic E-state index is 0.0600. The molecular formula is C11H21N3O. The van der Waals surface area contributed by atoms with Gasteiger partial charge in [-0.25, -0.2) is 0 Å². The third-order valence-corrected chi connectivity index (χ3v) is 2.38. The number of unbranched alkanes of at least 4 members (excludes halogenated alkanes) is 1. The number of hydrogen-bond acceptors (Lipinski definition) is 3. The molecule has 0 aliphatic carbocycles. The van der Waals surface area contributed by atoms with Crippen LogP contribution in [-0.2, 0) is 4.79 Å². The Morgan fingerprint density at radius 1 is 1.53 bits per heavy atom. The Labute approximate surface area is 91.8 Å². The van der Waals surface area contributed by atoms with Crippen LogP contribution in [-0.4, -0.2) is 18.0 Å². The van der Waals surface area contributed by atoms with E-state index in [1.807, 2.05) is 6.92 Å². The number of nitrogens with two attached hydrogens (primary N) is 1. The molecule has 86 valence electrons. The number of amides is 1.